The maximum absolute atomic E-state index is 5.23. The van der Waals surface area contributed by atoms with Crippen LogP contribution in [-0.2, 0) is 6.42 Å². The third kappa shape index (κ3) is 6.37. The van der Waals surface area contributed by atoms with E-state index in [2.05, 4.69) is 247 Å². The molecule has 0 aliphatic heterocycles. The van der Waals surface area contributed by atoms with Gasteiger partial charge in [0, 0.05) is 11.3 Å². The molecule has 2 nitrogen and oxygen atoms in total. The van der Waals surface area contributed by atoms with E-state index in [-0.39, 0.29) is 0 Å². The molecule has 0 atom stereocenters. The van der Waals surface area contributed by atoms with E-state index in [0.717, 1.165) is 35.6 Å². The molecule has 0 amide bonds. The minimum absolute atomic E-state index is 0.973. The highest BCUT2D eigenvalue weighted by atomic mass is 15.1. The molecular formula is C67H44N2. The van der Waals surface area contributed by atoms with Crippen LogP contribution in [0.5, 0.6) is 0 Å². The van der Waals surface area contributed by atoms with Crippen LogP contribution in [0.4, 0.5) is 0 Å². The van der Waals surface area contributed by atoms with Gasteiger partial charge in [0.1, 0.15) is 5.82 Å². The normalized spacial score (nSPS) is 12.5. The molecule has 2 heteroatoms. The number of nitrogens with zero attached hydrogens (tertiary/aromatic N) is 2. The van der Waals surface area contributed by atoms with Gasteiger partial charge in [-0.15, -0.1) is 0 Å². The number of imidazole rings is 1. The predicted octanol–water partition coefficient (Wildman–Crippen LogP) is 18.1. The molecule has 0 bridgehead atoms. The van der Waals surface area contributed by atoms with Crippen LogP contribution in [0.1, 0.15) is 17.8 Å². The quantitative estimate of drug-likeness (QED) is 0.152. The van der Waals surface area contributed by atoms with Gasteiger partial charge in [0.25, 0.3) is 0 Å². The molecule has 0 spiro atoms. The van der Waals surface area contributed by atoms with Crippen LogP contribution in [0.3, 0.4) is 0 Å². The second kappa shape index (κ2) is 15.9. The van der Waals surface area contributed by atoms with Crippen LogP contribution in [-0.4, -0.2) is 9.55 Å². The van der Waals surface area contributed by atoms with Crippen molar-refractivity contribution in [3.8, 4) is 61.6 Å². The van der Waals surface area contributed by atoms with Crippen LogP contribution >= 0.6 is 0 Å². The van der Waals surface area contributed by atoms with E-state index in [4.69, 9.17) is 4.98 Å². The topological polar surface area (TPSA) is 17.8 Å². The molecular weight excluding hydrogens is 833 g/mol. The van der Waals surface area contributed by atoms with Gasteiger partial charge in [-0.3, -0.25) is 4.57 Å². The van der Waals surface area contributed by atoms with Crippen molar-refractivity contribution in [3.63, 3.8) is 0 Å². The molecule has 322 valence electrons. The zero-order valence-corrected chi connectivity index (χ0v) is 37.9. The Bertz CT molecular complexity index is 4170. The SMILES string of the molecule is C1=Cc2nc(-c3ccc(-c4c5ccccc5c(-c5ccc6c(-c7ccc8ccccc8c7)c7ccccc7c(-c7ccc8ccccc8c7)c6c5)c5ccccc45)cc3)n(-c3ccccc3)c2CC1. The molecule has 0 saturated heterocycles. The number of rotatable bonds is 6. The number of benzene rings is 12. The summed E-state index contributed by atoms with van der Waals surface area (Å²) in [6.07, 6.45) is 6.42. The minimum atomic E-state index is 0.973. The van der Waals surface area contributed by atoms with E-state index in [0.29, 0.717) is 0 Å². The van der Waals surface area contributed by atoms with Crippen molar-refractivity contribution in [1.82, 2.24) is 9.55 Å². The third-order valence-corrected chi connectivity index (χ3v) is 14.6. The lowest BCUT2D eigenvalue weighted by Crippen LogP contribution is -2.04. The van der Waals surface area contributed by atoms with Crippen molar-refractivity contribution in [2.75, 3.05) is 0 Å². The Balaban J connectivity index is 0.995. The third-order valence-electron chi connectivity index (χ3n) is 14.6. The Morgan fingerprint density at radius 3 is 1.28 bits per heavy atom. The number of hydrogen-bond donors (Lipinski definition) is 0. The Labute approximate surface area is 400 Å². The summed E-state index contributed by atoms with van der Waals surface area (Å²) in [6, 6.07) is 85.4. The summed E-state index contributed by atoms with van der Waals surface area (Å²) in [5, 5.41) is 14.9. The summed E-state index contributed by atoms with van der Waals surface area (Å²) in [6.45, 7) is 0. The van der Waals surface area contributed by atoms with E-state index in [1.54, 1.807) is 0 Å². The van der Waals surface area contributed by atoms with Crippen LogP contribution < -0.4 is 0 Å². The number of aromatic nitrogens is 2. The maximum atomic E-state index is 5.23. The highest BCUT2D eigenvalue weighted by molar-refractivity contribution is 6.25. The van der Waals surface area contributed by atoms with Gasteiger partial charge in [0.15, 0.2) is 0 Å². The zero-order valence-electron chi connectivity index (χ0n) is 37.9. The summed E-state index contributed by atoms with van der Waals surface area (Å²) < 4.78 is 2.36. The molecule has 14 rings (SSSR count). The monoisotopic (exact) mass is 876 g/mol. The predicted molar refractivity (Wildman–Crippen MR) is 293 cm³/mol. The summed E-state index contributed by atoms with van der Waals surface area (Å²) in [5.41, 5.74) is 14.4. The largest absolute Gasteiger partial charge is 0.296 e. The molecule has 0 N–H and O–H groups in total. The smallest absolute Gasteiger partial charge is 0.145 e. The number of para-hydroxylation sites is 1. The lowest BCUT2D eigenvalue weighted by Gasteiger charge is -2.21. The van der Waals surface area contributed by atoms with Gasteiger partial charge >= 0.3 is 0 Å². The maximum Gasteiger partial charge on any atom is 0.145 e. The molecule has 12 aromatic carbocycles. The first-order valence-electron chi connectivity index (χ1n) is 24.1. The summed E-state index contributed by atoms with van der Waals surface area (Å²) in [7, 11) is 0. The summed E-state index contributed by atoms with van der Waals surface area (Å²) in [5.74, 6) is 0.977. The molecule has 0 fully saturated rings. The highest BCUT2D eigenvalue weighted by Gasteiger charge is 2.23. The average Bonchev–Trinajstić information content (AvgIpc) is 3.81. The fourth-order valence-corrected chi connectivity index (χ4v) is 11.5. The Morgan fingerprint density at radius 2 is 0.725 bits per heavy atom. The molecule has 1 heterocycles. The zero-order chi connectivity index (χ0) is 45.4. The summed E-state index contributed by atoms with van der Waals surface area (Å²) >= 11 is 0. The van der Waals surface area contributed by atoms with Crippen LogP contribution in [0, 0.1) is 0 Å². The number of hydrogen-bond acceptors (Lipinski definition) is 1. The highest BCUT2D eigenvalue weighted by Crippen LogP contribution is 2.49. The molecule has 1 aromatic heterocycles. The first-order valence-corrected chi connectivity index (χ1v) is 24.1. The fourth-order valence-electron chi connectivity index (χ4n) is 11.5. The molecule has 1 aliphatic rings. The van der Waals surface area contributed by atoms with Crippen molar-refractivity contribution >= 4 is 70.7 Å². The molecule has 0 unspecified atom stereocenters. The van der Waals surface area contributed by atoms with Crippen molar-refractivity contribution < 1.29 is 0 Å². The van der Waals surface area contributed by atoms with E-state index < -0.39 is 0 Å². The lowest BCUT2D eigenvalue weighted by molar-refractivity contribution is 0.878. The average molecular weight is 877 g/mol. The number of fused-ring (bicyclic) bond motifs is 7. The van der Waals surface area contributed by atoms with Crippen LogP contribution in [0.25, 0.3) is 132 Å². The Kier molecular flexibility index (Phi) is 9.06. The second-order valence-corrected chi connectivity index (χ2v) is 18.5. The molecule has 69 heavy (non-hydrogen) atoms. The van der Waals surface area contributed by atoms with E-state index >= 15 is 0 Å². The second-order valence-electron chi connectivity index (χ2n) is 18.5. The van der Waals surface area contributed by atoms with Crippen molar-refractivity contribution in [3.05, 3.63) is 248 Å². The minimum Gasteiger partial charge on any atom is -0.296 e. The van der Waals surface area contributed by atoms with Gasteiger partial charge in [-0.25, -0.2) is 4.98 Å². The van der Waals surface area contributed by atoms with E-state index in [9.17, 15) is 0 Å². The molecule has 1 aliphatic carbocycles. The first-order chi connectivity index (χ1) is 34.2. The first kappa shape index (κ1) is 39.3. The van der Waals surface area contributed by atoms with Gasteiger partial charge in [0.2, 0.25) is 0 Å². The molecule has 13 aromatic rings. The van der Waals surface area contributed by atoms with Crippen molar-refractivity contribution in [2.45, 2.75) is 12.8 Å². The van der Waals surface area contributed by atoms with Crippen molar-refractivity contribution in [2.24, 2.45) is 0 Å². The summed E-state index contributed by atoms with van der Waals surface area (Å²) in [4.78, 5) is 5.23. The fraction of sp³-hybridized carbons (Fsp3) is 0.0299. The van der Waals surface area contributed by atoms with Crippen LogP contribution in [0.15, 0.2) is 237 Å². The van der Waals surface area contributed by atoms with Gasteiger partial charge < -0.3 is 0 Å². The van der Waals surface area contributed by atoms with Gasteiger partial charge in [-0.1, -0.05) is 206 Å². The van der Waals surface area contributed by atoms with E-state index in [1.165, 1.54) is 115 Å². The Hall–Kier alpha value is -8.85. The van der Waals surface area contributed by atoms with Gasteiger partial charge in [-0.2, -0.15) is 0 Å². The lowest BCUT2D eigenvalue weighted by atomic mass is 9.82. The van der Waals surface area contributed by atoms with Crippen LogP contribution in [0.2, 0.25) is 0 Å². The van der Waals surface area contributed by atoms with Gasteiger partial charge in [0.05, 0.1) is 11.4 Å². The van der Waals surface area contributed by atoms with E-state index in [1.807, 2.05) is 0 Å². The van der Waals surface area contributed by atoms with Gasteiger partial charge in [-0.05, 0) is 158 Å². The Morgan fingerprint density at radius 1 is 0.319 bits per heavy atom. The standard InChI is InChI=1S/C67H44N2/c1-2-20-52(21-3-1)69-62-29-15-14-28-61(62)68-67(69)46-34-32-45(33-35-46)63-53-22-8-10-24-55(53)65(56-25-11-9-23-54(56)63)51-38-39-59-60(42-51)66(50-37-31-44-17-5-7-19-48(44)41-50)58-27-13-12-26-57(58)64(59)49-36-30-43-16-4-6-18-47(43)40-49/h1-14,16-28,30-42H,15,29H2. The molecule has 0 radical (unpaired) electrons. The molecule has 0 saturated carbocycles. The number of allylic oxidation sites excluding steroid dienone is 1. The van der Waals surface area contributed by atoms with Crippen molar-refractivity contribution in [1.29, 1.82) is 0 Å².